The number of benzene rings is 1. The average Bonchev–Trinajstić information content (AvgIpc) is 2.59. The van der Waals surface area contributed by atoms with E-state index in [9.17, 15) is 10.2 Å². The topological polar surface area (TPSA) is 71.4 Å². The van der Waals surface area contributed by atoms with Crippen LogP contribution in [0.25, 0.3) is 0 Å². The monoisotopic (exact) mass is 365 g/mol. The highest BCUT2D eigenvalue weighted by Gasteiger charge is 2.35. The largest absolute Gasteiger partial charge is 0.491 e. The first-order valence-corrected chi connectivity index (χ1v) is 9.23. The third-order valence-electron chi connectivity index (χ3n) is 5.01. The van der Waals surface area contributed by atoms with Crippen LogP contribution < -0.4 is 10.2 Å². The SMILES string of the molecule is CC(C)(O)C(C)(C)OBc1ccc(OCC(O)CN2CCOCC2)cc1. The van der Waals surface area contributed by atoms with Gasteiger partial charge < -0.3 is 24.3 Å². The molecule has 1 aliphatic heterocycles. The first kappa shape index (κ1) is 21.2. The maximum Gasteiger partial charge on any atom is 0.309 e. The highest BCUT2D eigenvalue weighted by molar-refractivity contribution is 6.47. The Labute approximate surface area is 157 Å². The Morgan fingerprint density at radius 2 is 1.77 bits per heavy atom. The van der Waals surface area contributed by atoms with Crippen LogP contribution in [0.5, 0.6) is 5.75 Å². The van der Waals surface area contributed by atoms with Crippen molar-refractivity contribution in [3.8, 4) is 5.75 Å². The molecular formula is C19H32BNO5. The molecule has 0 spiro atoms. The van der Waals surface area contributed by atoms with Crippen molar-refractivity contribution in [1.82, 2.24) is 4.90 Å². The maximum absolute atomic E-state index is 10.1. The van der Waals surface area contributed by atoms with E-state index >= 15 is 0 Å². The fourth-order valence-corrected chi connectivity index (χ4v) is 2.45. The minimum absolute atomic E-state index is 0.263. The Morgan fingerprint density at radius 1 is 1.15 bits per heavy atom. The number of aliphatic hydroxyl groups excluding tert-OH is 1. The number of hydrogen-bond acceptors (Lipinski definition) is 6. The summed E-state index contributed by atoms with van der Waals surface area (Å²) in [6.45, 7) is 11.3. The van der Waals surface area contributed by atoms with Crippen molar-refractivity contribution in [1.29, 1.82) is 0 Å². The summed E-state index contributed by atoms with van der Waals surface area (Å²) in [5.41, 5.74) is -0.568. The molecule has 0 aromatic heterocycles. The zero-order valence-corrected chi connectivity index (χ0v) is 16.4. The predicted octanol–water partition coefficient (Wildman–Crippen LogP) is 0.301. The molecule has 1 aliphatic rings. The molecular weight excluding hydrogens is 333 g/mol. The minimum atomic E-state index is -0.924. The van der Waals surface area contributed by atoms with Gasteiger partial charge in [-0.05, 0) is 39.8 Å². The Morgan fingerprint density at radius 3 is 2.35 bits per heavy atom. The van der Waals surface area contributed by atoms with Gasteiger partial charge >= 0.3 is 7.48 Å². The Kier molecular flexibility index (Phi) is 7.49. The molecule has 146 valence electrons. The van der Waals surface area contributed by atoms with Gasteiger partial charge in [-0.2, -0.15) is 0 Å². The molecule has 2 N–H and O–H groups in total. The standard InChI is InChI=1S/C19H32BNO5/c1-18(2,23)19(3,4)26-20-15-5-7-17(8-6-15)25-14-16(22)13-21-9-11-24-12-10-21/h5-8,16,20,22-23H,9-14H2,1-4H3. The fraction of sp³-hybridized carbons (Fsp3) is 0.684. The van der Waals surface area contributed by atoms with Crippen molar-refractivity contribution in [2.75, 3.05) is 39.5 Å². The summed E-state index contributed by atoms with van der Waals surface area (Å²) in [5, 5.41) is 20.2. The van der Waals surface area contributed by atoms with Crippen molar-refractivity contribution in [2.24, 2.45) is 0 Å². The molecule has 6 nitrogen and oxygen atoms in total. The van der Waals surface area contributed by atoms with E-state index in [1.165, 1.54) is 0 Å². The van der Waals surface area contributed by atoms with Gasteiger partial charge in [0.05, 0.1) is 24.4 Å². The molecule has 0 aliphatic carbocycles. The molecule has 1 heterocycles. The summed E-state index contributed by atoms with van der Waals surface area (Å²) in [6, 6.07) is 7.61. The van der Waals surface area contributed by atoms with Crippen LogP contribution in [0.2, 0.25) is 0 Å². The molecule has 0 radical (unpaired) electrons. The van der Waals surface area contributed by atoms with Crippen LogP contribution in [0.3, 0.4) is 0 Å². The predicted molar refractivity (Wildman–Crippen MR) is 103 cm³/mol. The number of nitrogens with zero attached hydrogens (tertiary/aromatic N) is 1. The number of ether oxygens (including phenoxy) is 2. The Balaban J connectivity index is 1.74. The summed E-state index contributed by atoms with van der Waals surface area (Å²) in [5.74, 6) is 0.719. The first-order chi connectivity index (χ1) is 12.2. The Bertz CT molecular complexity index is 538. The van der Waals surface area contributed by atoms with Gasteiger partial charge in [-0.25, -0.2) is 0 Å². The zero-order valence-electron chi connectivity index (χ0n) is 16.4. The van der Waals surface area contributed by atoms with Gasteiger partial charge in [0.25, 0.3) is 0 Å². The van der Waals surface area contributed by atoms with E-state index < -0.39 is 17.3 Å². The molecule has 26 heavy (non-hydrogen) atoms. The lowest BCUT2D eigenvalue weighted by molar-refractivity contribution is -0.0893. The third kappa shape index (κ3) is 6.56. The molecule has 0 bridgehead atoms. The van der Waals surface area contributed by atoms with Crippen molar-refractivity contribution in [2.45, 2.75) is 45.0 Å². The van der Waals surface area contributed by atoms with E-state index in [-0.39, 0.29) is 6.61 Å². The van der Waals surface area contributed by atoms with Crippen LogP contribution >= 0.6 is 0 Å². The van der Waals surface area contributed by atoms with E-state index in [1.54, 1.807) is 13.8 Å². The molecule has 0 amide bonds. The van der Waals surface area contributed by atoms with Crippen molar-refractivity contribution < 1.29 is 24.3 Å². The molecule has 1 aromatic rings. The molecule has 1 aromatic carbocycles. The smallest absolute Gasteiger partial charge is 0.309 e. The maximum atomic E-state index is 10.1. The number of aliphatic hydroxyl groups is 2. The number of morpholine rings is 1. The zero-order chi connectivity index (χ0) is 19.2. The van der Waals surface area contributed by atoms with E-state index in [1.807, 2.05) is 38.1 Å². The van der Waals surface area contributed by atoms with Gasteiger partial charge in [0, 0.05) is 19.6 Å². The van der Waals surface area contributed by atoms with Crippen LogP contribution in [-0.4, -0.2) is 79.4 Å². The second-order valence-electron chi connectivity index (χ2n) is 7.88. The van der Waals surface area contributed by atoms with Crippen molar-refractivity contribution >= 4 is 12.9 Å². The van der Waals surface area contributed by atoms with Crippen LogP contribution in [-0.2, 0) is 9.39 Å². The van der Waals surface area contributed by atoms with Crippen LogP contribution in [0.4, 0.5) is 0 Å². The molecule has 1 atom stereocenters. The van der Waals surface area contributed by atoms with Gasteiger partial charge in [0.15, 0.2) is 0 Å². The fourth-order valence-electron chi connectivity index (χ4n) is 2.45. The van der Waals surface area contributed by atoms with Crippen LogP contribution in [0.15, 0.2) is 24.3 Å². The quantitative estimate of drug-likeness (QED) is 0.614. The highest BCUT2D eigenvalue weighted by Crippen LogP contribution is 2.24. The summed E-state index contributed by atoms with van der Waals surface area (Å²) >= 11 is 0. The van der Waals surface area contributed by atoms with E-state index in [0.717, 1.165) is 37.5 Å². The van der Waals surface area contributed by atoms with Gasteiger partial charge in [0.2, 0.25) is 0 Å². The lowest BCUT2D eigenvalue weighted by Gasteiger charge is -2.37. The molecule has 1 fully saturated rings. The molecule has 1 unspecified atom stereocenters. The number of hydrogen-bond donors (Lipinski definition) is 2. The first-order valence-electron chi connectivity index (χ1n) is 9.23. The van der Waals surface area contributed by atoms with Crippen molar-refractivity contribution in [3.05, 3.63) is 24.3 Å². The lowest BCUT2D eigenvalue weighted by Crippen LogP contribution is -2.49. The average molecular weight is 365 g/mol. The molecule has 2 rings (SSSR count). The molecule has 7 heteroatoms. The summed E-state index contributed by atoms with van der Waals surface area (Å²) in [4.78, 5) is 2.18. The Hall–Kier alpha value is -1.12. The summed E-state index contributed by atoms with van der Waals surface area (Å²) in [6.07, 6.45) is -0.524. The third-order valence-corrected chi connectivity index (χ3v) is 5.01. The lowest BCUT2D eigenvalue weighted by atomic mass is 9.82. The van der Waals surface area contributed by atoms with Crippen molar-refractivity contribution in [3.63, 3.8) is 0 Å². The number of rotatable bonds is 9. The number of β-amino-alcohol motifs (C(OH)–C–C–N with tert-alkyl or cyclic N) is 1. The van der Waals surface area contributed by atoms with Gasteiger partial charge in [-0.1, -0.05) is 17.6 Å². The summed E-state index contributed by atoms with van der Waals surface area (Å²) < 4.78 is 16.8. The normalized spacial score (nSPS) is 17.8. The summed E-state index contributed by atoms with van der Waals surface area (Å²) in [7, 11) is 0.414. The van der Waals surface area contributed by atoms with E-state index in [0.29, 0.717) is 14.0 Å². The highest BCUT2D eigenvalue weighted by atomic mass is 16.5. The second kappa shape index (κ2) is 9.19. The van der Waals surface area contributed by atoms with Crippen LogP contribution in [0, 0.1) is 0 Å². The van der Waals surface area contributed by atoms with Gasteiger partial charge in [-0.3, -0.25) is 4.90 Å². The van der Waals surface area contributed by atoms with E-state index in [4.69, 9.17) is 14.1 Å². The second-order valence-corrected chi connectivity index (χ2v) is 7.88. The molecule has 1 saturated heterocycles. The molecule has 0 saturated carbocycles. The van der Waals surface area contributed by atoms with Crippen LogP contribution in [0.1, 0.15) is 27.7 Å². The van der Waals surface area contributed by atoms with E-state index in [2.05, 4.69) is 4.90 Å². The minimum Gasteiger partial charge on any atom is -0.491 e. The van der Waals surface area contributed by atoms with Gasteiger partial charge in [0.1, 0.15) is 18.5 Å². The van der Waals surface area contributed by atoms with Gasteiger partial charge in [-0.15, -0.1) is 0 Å².